The van der Waals surface area contributed by atoms with Gasteiger partial charge in [0.05, 0.1) is 12.2 Å². The minimum absolute atomic E-state index is 0.0796. The Morgan fingerprint density at radius 3 is 2.90 bits per heavy atom. The standard InChI is InChI=1S/C14H8BN3O3/c16-6-9-3-4-18-14(12(9)7-17)21-11-1-2-13-10(5-11)8-20-15(13)19/h1-5,19H,8H2. The lowest BCUT2D eigenvalue weighted by molar-refractivity contribution is 0.275. The van der Waals surface area contributed by atoms with Gasteiger partial charge in [-0.15, -0.1) is 0 Å². The molecule has 3 rings (SSSR count). The Labute approximate surface area is 120 Å². The van der Waals surface area contributed by atoms with Crippen LogP contribution in [-0.2, 0) is 11.3 Å². The fraction of sp³-hybridized carbons (Fsp3) is 0.0714. The molecule has 1 aromatic heterocycles. The summed E-state index contributed by atoms with van der Waals surface area (Å²) in [5, 5.41) is 27.6. The van der Waals surface area contributed by atoms with E-state index in [9.17, 15) is 5.02 Å². The number of benzene rings is 1. The van der Waals surface area contributed by atoms with Crippen LogP contribution in [0.2, 0.25) is 0 Å². The number of fused-ring (bicyclic) bond motifs is 1. The van der Waals surface area contributed by atoms with Gasteiger partial charge >= 0.3 is 7.12 Å². The SMILES string of the molecule is N#Cc1ccnc(Oc2ccc3c(c2)COB3O)c1C#N. The molecular weight excluding hydrogens is 269 g/mol. The van der Waals surface area contributed by atoms with Crippen molar-refractivity contribution in [2.24, 2.45) is 0 Å². The smallest absolute Gasteiger partial charge is 0.438 e. The van der Waals surface area contributed by atoms with Crippen molar-refractivity contribution in [3.05, 3.63) is 47.2 Å². The molecule has 0 amide bonds. The van der Waals surface area contributed by atoms with E-state index in [4.69, 9.17) is 19.9 Å². The highest BCUT2D eigenvalue weighted by atomic mass is 16.5. The summed E-state index contributed by atoms with van der Waals surface area (Å²) >= 11 is 0. The summed E-state index contributed by atoms with van der Waals surface area (Å²) in [6.07, 6.45) is 1.41. The van der Waals surface area contributed by atoms with Crippen LogP contribution in [0.3, 0.4) is 0 Å². The van der Waals surface area contributed by atoms with Gasteiger partial charge in [0, 0.05) is 6.20 Å². The Morgan fingerprint density at radius 2 is 2.14 bits per heavy atom. The third-order valence-electron chi connectivity index (χ3n) is 3.14. The van der Waals surface area contributed by atoms with Crippen molar-refractivity contribution < 1.29 is 14.4 Å². The van der Waals surface area contributed by atoms with Gasteiger partial charge in [-0.3, -0.25) is 0 Å². The molecule has 0 atom stereocenters. The van der Waals surface area contributed by atoms with Gasteiger partial charge in [0.2, 0.25) is 5.88 Å². The Kier molecular flexibility index (Phi) is 3.29. The van der Waals surface area contributed by atoms with Gasteiger partial charge in [0.15, 0.2) is 0 Å². The van der Waals surface area contributed by atoms with Gasteiger partial charge in [0.1, 0.15) is 23.5 Å². The van der Waals surface area contributed by atoms with Crippen molar-refractivity contribution in [2.45, 2.75) is 6.61 Å². The van der Waals surface area contributed by atoms with E-state index >= 15 is 0 Å². The Balaban J connectivity index is 1.96. The van der Waals surface area contributed by atoms with Crippen LogP contribution in [0.25, 0.3) is 0 Å². The van der Waals surface area contributed by atoms with Crippen LogP contribution < -0.4 is 10.2 Å². The number of nitriles is 2. The average Bonchev–Trinajstić information content (AvgIpc) is 2.88. The minimum atomic E-state index is -0.913. The summed E-state index contributed by atoms with van der Waals surface area (Å²) in [6.45, 7) is 0.296. The average molecular weight is 277 g/mol. The molecule has 1 aliphatic rings. The van der Waals surface area contributed by atoms with E-state index in [-0.39, 0.29) is 17.0 Å². The van der Waals surface area contributed by atoms with Crippen molar-refractivity contribution in [1.82, 2.24) is 4.98 Å². The van der Waals surface area contributed by atoms with Crippen molar-refractivity contribution in [3.63, 3.8) is 0 Å². The summed E-state index contributed by atoms with van der Waals surface area (Å²) in [5.74, 6) is 0.543. The zero-order valence-electron chi connectivity index (χ0n) is 10.8. The molecule has 1 N–H and O–H groups in total. The molecule has 0 fully saturated rings. The van der Waals surface area contributed by atoms with E-state index in [0.717, 1.165) is 5.56 Å². The fourth-order valence-corrected chi connectivity index (χ4v) is 2.10. The number of hydrogen-bond donors (Lipinski definition) is 1. The molecule has 0 saturated heterocycles. The quantitative estimate of drug-likeness (QED) is 0.816. The number of pyridine rings is 1. The molecule has 21 heavy (non-hydrogen) atoms. The lowest BCUT2D eigenvalue weighted by Gasteiger charge is -2.08. The molecule has 6 nitrogen and oxygen atoms in total. The molecule has 2 heterocycles. The van der Waals surface area contributed by atoms with Crippen LogP contribution in [0.5, 0.6) is 11.6 Å². The maximum absolute atomic E-state index is 9.56. The van der Waals surface area contributed by atoms with Crippen LogP contribution in [-0.4, -0.2) is 17.1 Å². The normalized spacial score (nSPS) is 12.4. The minimum Gasteiger partial charge on any atom is -0.438 e. The first-order valence-electron chi connectivity index (χ1n) is 6.12. The second-order valence-corrected chi connectivity index (χ2v) is 4.39. The highest BCUT2D eigenvalue weighted by Gasteiger charge is 2.27. The molecule has 0 saturated carbocycles. The first kappa shape index (κ1) is 13.1. The van der Waals surface area contributed by atoms with E-state index in [2.05, 4.69) is 4.98 Å². The number of ether oxygens (including phenoxy) is 1. The third kappa shape index (κ3) is 2.32. The van der Waals surface area contributed by atoms with Gasteiger partial charge in [-0.2, -0.15) is 10.5 Å². The van der Waals surface area contributed by atoms with Crippen LogP contribution in [0.1, 0.15) is 16.7 Å². The van der Waals surface area contributed by atoms with Gasteiger partial charge in [-0.05, 0) is 29.2 Å². The molecule has 2 aromatic rings. The summed E-state index contributed by atoms with van der Waals surface area (Å²) in [7, 11) is -0.913. The fourth-order valence-electron chi connectivity index (χ4n) is 2.10. The van der Waals surface area contributed by atoms with E-state index in [1.54, 1.807) is 18.2 Å². The Bertz CT molecular complexity index is 795. The second-order valence-electron chi connectivity index (χ2n) is 4.39. The maximum atomic E-state index is 9.56. The third-order valence-corrected chi connectivity index (χ3v) is 3.14. The van der Waals surface area contributed by atoms with Crippen molar-refractivity contribution in [3.8, 4) is 23.8 Å². The van der Waals surface area contributed by atoms with Crippen LogP contribution >= 0.6 is 0 Å². The van der Waals surface area contributed by atoms with Crippen molar-refractivity contribution >= 4 is 12.6 Å². The summed E-state index contributed by atoms with van der Waals surface area (Å²) in [5.41, 5.74) is 1.82. The molecular formula is C14H8BN3O3. The zero-order chi connectivity index (χ0) is 14.8. The topological polar surface area (TPSA) is 99.2 Å². The van der Waals surface area contributed by atoms with Gasteiger partial charge in [0.25, 0.3) is 0 Å². The monoisotopic (exact) mass is 277 g/mol. The van der Waals surface area contributed by atoms with Crippen LogP contribution in [0, 0.1) is 22.7 Å². The molecule has 0 radical (unpaired) electrons. The van der Waals surface area contributed by atoms with Gasteiger partial charge in [-0.25, -0.2) is 4.98 Å². The Morgan fingerprint density at radius 1 is 1.29 bits per heavy atom. The predicted octanol–water partition coefficient (Wildman–Crippen LogP) is 0.835. The first-order chi connectivity index (χ1) is 10.2. The highest BCUT2D eigenvalue weighted by Crippen LogP contribution is 2.26. The summed E-state index contributed by atoms with van der Waals surface area (Å²) in [6, 6.07) is 10.4. The lowest BCUT2D eigenvalue weighted by atomic mass is 9.80. The van der Waals surface area contributed by atoms with Crippen molar-refractivity contribution in [2.75, 3.05) is 0 Å². The molecule has 0 aliphatic carbocycles. The van der Waals surface area contributed by atoms with Crippen LogP contribution in [0.4, 0.5) is 0 Å². The molecule has 1 aliphatic heterocycles. The molecule has 0 unspecified atom stereocenters. The first-order valence-corrected chi connectivity index (χ1v) is 6.12. The predicted molar refractivity (Wildman–Crippen MR) is 72.6 cm³/mol. The lowest BCUT2D eigenvalue weighted by Crippen LogP contribution is -2.27. The molecule has 0 spiro atoms. The number of rotatable bonds is 2. The highest BCUT2D eigenvalue weighted by molar-refractivity contribution is 6.61. The molecule has 7 heteroatoms. The van der Waals surface area contributed by atoms with E-state index in [0.29, 0.717) is 17.8 Å². The van der Waals surface area contributed by atoms with Crippen LogP contribution in [0.15, 0.2) is 30.5 Å². The molecule has 0 bridgehead atoms. The number of nitrogens with zero attached hydrogens (tertiary/aromatic N) is 3. The number of hydrogen-bond acceptors (Lipinski definition) is 6. The second kappa shape index (κ2) is 5.26. The zero-order valence-corrected chi connectivity index (χ0v) is 10.8. The van der Waals surface area contributed by atoms with E-state index < -0.39 is 7.12 Å². The number of aromatic nitrogens is 1. The maximum Gasteiger partial charge on any atom is 0.491 e. The van der Waals surface area contributed by atoms with Crippen molar-refractivity contribution in [1.29, 1.82) is 10.5 Å². The summed E-state index contributed by atoms with van der Waals surface area (Å²) < 4.78 is 10.7. The van der Waals surface area contributed by atoms with Gasteiger partial charge < -0.3 is 14.4 Å². The summed E-state index contributed by atoms with van der Waals surface area (Å²) in [4.78, 5) is 3.99. The molecule has 100 valence electrons. The Hall–Kier alpha value is -2.87. The molecule has 1 aromatic carbocycles. The largest absolute Gasteiger partial charge is 0.491 e. The van der Waals surface area contributed by atoms with E-state index in [1.807, 2.05) is 12.1 Å². The van der Waals surface area contributed by atoms with E-state index in [1.165, 1.54) is 12.3 Å². The van der Waals surface area contributed by atoms with Gasteiger partial charge in [-0.1, -0.05) is 6.07 Å².